The highest BCUT2D eigenvalue weighted by Gasteiger charge is 2.18. The fourth-order valence-corrected chi connectivity index (χ4v) is 2.13. The summed E-state index contributed by atoms with van der Waals surface area (Å²) in [6.45, 7) is 1.92. The molecule has 0 atom stereocenters. The maximum Gasteiger partial charge on any atom is 0.310 e. The van der Waals surface area contributed by atoms with Gasteiger partial charge in [0.25, 0.3) is 6.43 Å². The molecule has 94 valence electrons. The monoisotopic (exact) mass is 375 g/mol. The van der Waals surface area contributed by atoms with Gasteiger partial charge in [-0.25, -0.2) is 13.8 Å². The van der Waals surface area contributed by atoms with Gasteiger partial charge in [0.2, 0.25) is 0 Å². The molecule has 0 bridgehead atoms. The third kappa shape index (κ3) is 4.02. The molecule has 0 saturated carbocycles. The lowest BCUT2D eigenvalue weighted by Gasteiger charge is -2.08. The van der Waals surface area contributed by atoms with Crippen LogP contribution in [0, 0.1) is 3.70 Å². The molecule has 0 aliphatic heterocycles. The van der Waals surface area contributed by atoms with E-state index in [4.69, 9.17) is 16.3 Å². The van der Waals surface area contributed by atoms with Crippen LogP contribution < -0.4 is 0 Å². The number of hydrogen-bond donors (Lipinski definition) is 0. The normalized spacial score (nSPS) is 10.7. The average molecular weight is 376 g/mol. The van der Waals surface area contributed by atoms with Crippen LogP contribution in [0.5, 0.6) is 0 Å². The largest absolute Gasteiger partial charge is 0.466 e. The Morgan fingerprint density at radius 3 is 2.82 bits per heavy atom. The Morgan fingerprint density at radius 2 is 2.29 bits per heavy atom. The Kier molecular flexibility index (Phi) is 5.51. The molecule has 0 aromatic carbocycles. The molecule has 0 saturated heterocycles. The fraction of sp³-hybridized carbons (Fsp3) is 0.400. The summed E-state index contributed by atoms with van der Waals surface area (Å²) in [4.78, 5) is 15.0. The van der Waals surface area contributed by atoms with Crippen LogP contribution in [0.25, 0.3) is 0 Å². The molecule has 7 heteroatoms. The summed E-state index contributed by atoms with van der Waals surface area (Å²) in [6, 6.07) is 1.19. The van der Waals surface area contributed by atoms with Gasteiger partial charge in [-0.15, -0.1) is 0 Å². The number of carbonyl (C=O) groups excluding carboxylic acids is 1. The molecule has 3 nitrogen and oxygen atoms in total. The Bertz CT molecular complexity index is 429. The Balaban J connectivity index is 2.99. The molecule has 0 unspecified atom stereocenters. The predicted octanol–water partition coefficient (Wildman–Crippen LogP) is 3.38. The Morgan fingerprint density at radius 1 is 1.65 bits per heavy atom. The van der Waals surface area contributed by atoms with Crippen molar-refractivity contribution in [2.45, 2.75) is 19.8 Å². The topological polar surface area (TPSA) is 39.2 Å². The number of pyridine rings is 1. The van der Waals surface area contributed by atoms with Gasteiger partial charge in [0.05, 0.1) is 18.6 Å². The highest BCUT2D eigenvalue weighted by atomic mass is 127. The van der Waals surface area contributed by atoms with Gasteiger partial charge in [0.15, 0.2) is 0 Å². The Labute approximate surface area is 116 Å². The van der Waals surface area contributed by atoms with Crippen LogP contribution in [0.2, 0.25) is 5.15 Å². The first-order valence-electron chi connectivity index (χ1n) is 4.74. The van der Waals surface area contributed by atoms with Crippen molar-refractivity contribution in [1.82, 2.24) is 4.98 Å². The summed E-state index contributed by atoms with van der Waals surface area (Å²) in [6.07, 6.45) is -2.80. The molecule has 1 heterocycles. The maximum atomic E-state index is 12.6. The highest BCUT2D eigenvalue weighted by molar-refractivity contribution is 14.1. The lowest BCUT2D eigenvalue weighted by atomic mass is 10.1. The standard InChI is InChI=1S/C10H9ClF2INO2/c1-2-17-7(16)4-5-3-6(9(12)13)8(11)15-10(5)14/h3,9H,2,4H2,1H3. The molecule has 1 aromatic heterocycles. The lowest BCUT2D eigenvalue weighted by Crippen LogP contribution is -2.10. The van der Waals surface area contributed by atoms with Gasteiger partial charge >= 0.3 is 5.97 Å². The third-order valence-corrected chi connectivity index (χ3v) is 3.14. The van der Waals surface area contributed by atoms with Crippen LogP contribution in [0.4, 0.5) is 8.78 Å². The van der Waals surface area contributed by atoms with E-state index in [2.05, 4.69) is 4.98 Å². The first kappa shape index (κ1) is 14.6. The second kappa shape index (κ2) is 6.44. The summed E-state index contributed by atoms with van der Waals surface area (Å²) < 4.78 is 30.3. The SMILES string of the molecule is CCOC(=O)Cc1cc(C(F)F)c(Cl)nc1I. The average Bonchev–Trinajstić information content (AvgIpc) is 2.21. The fourth-order valence-electron chi connectivity index (χ4n) is 1.17. The molecule has 0 radical (unpaired) electrons. The maximum absolute atomic E-state index is 12.6. The van der Waals surface area contributed by atoms with Crippen LogP contribution in [-0.2, 0) is 16.0 Å². The van der Waals surface area contributed by atoms with E-state index in [-0.39, 0.29) is 23.7 Å². The quantitative estimate of drug-likeness (QED) is 0.460. The summed E-state index contributed by atoms with van der Waals surface area (Å²) in [7, 11) is 0. The number of esters is 1. The Hall–Kier alpha value is -0.500. The molecule has 0 fully saturated rings. The number of aromatic nitrogens is 1. The van der Waals surface area contributed by atoms with Crippen molar-refractivity contribution in [2.75, 3.05) is 6.61 Å². The van der Waals surface area contributed by atoms with Crippen LogP contribution in [-0.4, -0.2) is 17.6 Å². The van der Waals surface area contributed by atoms with E-state index in [0.717, 1.165) is 0 Å². The first-order valence-corrected chi connectivity index (χ1v) is 6.20. The molecule has 17 heavy (non-hydrogen) atoms. The number of rotatable bonds is 4. The molecule has 1 aromatic rings. The van der Waals surface area contributed by atoms with E-state index in [9.17, 15) is 13.6 Å². The zero-order chi connectivity index (χ0) is 13.0. The number of ether oxygens (including phenoxy) is 1. The molecular formula is C10H9ClF2INO2. The van der Waals surface area contributed by atoms with Gasteiger partial charge in [-0.2, -0.15) is 0 Å². The number of alkyl halides is 2. The van der Waals surface area contributed by atoms with Gasteiger partial charge < -0.3 is 4.74 Å². The van der Waals surface area contributed by atoms with Crippen molar-refractivity contribution in [3.05, 3.63) is 26.0 Å². The van der Waals surface area contributed by atoms with Crippen molar-refractivity contribution in [1.29, 1.82) is 0 Å². The minimum Gasteiger partial charge on any atom is -0.466 e. The smallest absolute Gasteiger partial charge is 0.310 e. The first-order chi connectivity index (χ1) is 7.95. The van der Waals surface area contributed by atoms with Crippen LogP contribution in [0.1, 0.15) is 24.5 Å². The van der Waals surface area contributed by atoms with Crippen molar-refractivity contribution in [2.24, 2.45) is 0 Å². The summed E-state index contributed by atoms with van der Waals surface area (Å²) in [5.41, 5.74) is 0.0233. The van der Waals surface area contributed by atoms with Gasteiger partial charge in [-0.3, -0.25) is 4.79 Å². The van der Waals surface area contributed by atoms with Crippen molar-refractivity contribution < 1.29 is 18.3 Å². The predicted molar refractivity (Wildman–Crippen MR) is 67.3 cm³/mol. The van der Waals surface area contributed by atoms with Gasteiger partial charge in [-0.1, -0.05) is 11.6 Å². The second-order valence-electron chi connectivity index (χ2n) is 3.10. The van der Waals surface area contributed by atoms with Gasteiger partial charge in [0, 0.05) is 0 Å². The highest BCUT2D eigenvalue weighted by Crippen LogP contribution is 2.28. The molecule has 0 aliphatic carbocycles. The van der Waals surface area contributed by atoms with E-state index in [0.29, 0.717) is 9.26 Å². The van der Waals surface area contributed by atoms with Crippen LogP contribution >= 0.6 is 34.2 Å². The molecular weight excluding hydrogens is 366 g/mol. The van der Waals surface area contributed by atoms with E-state index in [1.54, 1.807) is 6.92 Å². The lowest BCUT2D eigenvalue weighted by molar-refractivity contribution is -0.142. The van der Waals surface area contributed by atoms with Crippen molar-refractivity contribution >= 4 is 40.2 Å². The number of halogens is 4. The van der Waals surface area contributed by atoms with E-state index >= 15 is 0 Å². The zero-order valence-corrected chi connectivity index (χ0v) is 11.8. The number of carbonyl (C=O) groups is 1. The van der Waals surface area contributed by atoms with Gasteiger partial charge in [-0.05, 0) is 41.1 Å². The minimum absolute atomic E-state index is 0.0873. The number of nitrogens with zero attached hydrogens (tertiary/aromatic N) is 1. The van der Waals surface area contributed by atoms with E-state index in [1.165, 1.54) is 6.07 Å². The van der Waals surface area contributed by atoms with Crippen molar-refractivity contribution in [3.8, 4) is 0 Å². The molecule has 1 rings (SSSR count). The van der Waals surface area contributed by atoms with Crippen LogP contribution in [0.3, 0.4) is 0 Å². The summed E-state index contributed by atoms with van der Waals surface area (Å²) >= 11 is 7.42. The van der Waals surface area contributed by atoms with Gasteiger partial charge in [0.1, 0.15) is 8.85 Å². The second-order valence-corrected chi connectivity index (χ2v) is 4.48. The third-order valence-electron chi connectivity index (χ3n) is 1.90. The van der Waals surface area contributed by atoms with Crippen molar-refractivity contribution in [3.63, 3.8) is 0 Å². The molecule has 0 N–H and O–H groups in total. The minimum atomic E-state index is -2.71. The molecule has 0 spiro atoms. The summed E-state index contributed by atoms with van der Waals surface area (Å²) in [5, 5.41) is -0.239. The zero-order valence-electron chi connectivity index (χ0n) is 8.84. The molecule has 0 aliphatic rings. The van der Waals surface area contributed by atoms with E-state index < -0.39 is 12.4 Å². The van der Waals surface area contributed by atoms with E-state index in [1.807, 2.05) is 22.6 Å². The number of hydrogen-bond acceptors (Lipinski definition) is 3. The van der Waals surface area contributed by atoms with Crippen LogP contribution in [0.15, 0.2) is 6.07 Å². The summed E-state index contributed by atoms with van der Waals surface area (Å²) in [5.74, 6) is -0.477. The molecule has 0 amide bonds.